The van der Waals surface area contributed by atoms with E-state index in [0.717, 1.165) is 23.3 Å². The molecular formula is C18H19NO4. The van der Waals surface area contributed by atoms with E-state index < -0.39 is 5.97 Å². The van der Waals surface area contributed by atoms with E-state index in [4.69, 9.17) is 9.47 Å². The number of carbonyl (C=O) groups is 1. The Morgan fingerprint density at radius 2 is 2.09 bits per heavy atom. The van der Waals surface area contributed by atoms with E-state index in [1.165, 1.54) is 30.0 Å². The van der Waals surface area contributed by atoms with Crippen molar-refractivity contribution in [2.75, 3.05) is 7.11 Å². The van der Waals surface area contributed by atoms with Crippen LogP contribution < -0.4 is 10.3 Å². The van der Waals surface area contributed by atoms with Gasteiger partial charge in [-0.1, -0.05) is 18.2 Å². The van der Waals surface area contributed by atoms with E-state index in [9.17, 15) is 9.59 Å². The number of methoxy groups -OCH3 is 1. The van der Waals surface area contributed by atoms with E-state index >= 15 is 0 Å². The summed E-state index contributed by atoms with van der Waals surface area (Å²) in [6, 6.07) is 8.80. The fourth-order valence-corrected chi connectivity index (χ4v) is 2.88. The molecule has 2 heterocycles. The summed E-state index contributed by atoms with van der Waals surface area (Å²) in [5.41, 5.74) is 2.01. The van der Waals surface area contributed by atoms with E-state index in [1.807, 2.05) is 32.0 Å². The maximum Gasteiger partial charge on any atom is 0.339 e. The number of rotatable bonds is 3. The molecule has 0 saturated carbocycles. The van der Waals surface area contributed by atoms with E-state index in [-0.39, 0.29) is 11.2 Å². The zero-order chi connectivity index (χ0) is 16.6. The van der Waals surface area contributed by atoms with Crippen LogP contribution in [0.3, 0.4) is 0 Å². The van der Waals surface area contributed by atoms with Gasteiger partial charge in [-0.2, -0.15) is 0 Å². The molecule has 0 radical (unpaired) electrons. The SMILES string of the molecule is COC(=O)c1ccc(=O)n(Cc2cccc3c2OC(C)(C)C3)c1. The average molecular weight is 313 g/mol. The second kappa shape index (κ2) is 5.57. The first-order valence-corrected chi connectivity index (χ1v) is 7.48. The third-order valence-corrected chi connectivity index (χ3v) is 3.92. The Morgan fingerprint density at radius 1 is 1.30 bits per heavy atom. The fraction of sp³-hybridized carbons (Fsp3) is 0.333. The van der Waals surface area contributed by atoms with Gasteiger partial charge in [0, 0.05) is 24.2 Å². The van der Waals surface area contributed by atoms with Crippen molar-refractivity contribution in [1.29, 1.82) is 0 Å². The Labute approximate surface area is 134 Å². The van der Waals surface area contributed by atoms with Gasteiger partial charge in [0.25, 0.3) is 5.56 Å². The standard InChI is InChI=1S/C18H19NO4/c1-18(2)9-12-5-4-6-13(16(12)23-18)10-19-11-14(17(21)22-3)7-8-15(19)20/h4-8,11H,9-10H2,1-3H3. The Bertz CT molecular complexity index is 820. The number of aromatic nitrogens is 1. The van der Waals surface area contributed by atoms with Gasteiger partial charge < -0.3 is 14.0 Å². The number of hydrogen-bond acceptors (Lipinski definition) is 4. The first-order chi connectivity index (χ1) is 10.9. The Balaban J connectivity index is 1.97. The minimum atomic E-state index is -0.463. The highest BCUT2D eigenvalue weighted by molar-refractivity contribution is 5.88. The summed E-state index contributed by atoms with van der Waals surface area (Å²) in [5.74, 6) is 0.377. The summed E-state index contributed by atoms with van der Waals surface area (Å²) in [6.45, 7) is 4.44. The molecule has 5 heteroatoms. The predicted molar refractivity (Wildman–Crippen MR) is 86.0 cm³/mol. The first-order valence-electron chi connectivity index (χ1n) is 7.48. The van der Waals surface area contributed by atoms with Crippen molar-refractivity contribution < 1.29 is 14.3 Å². The molecule has 0 spiro atoms. The lowest BCUT2D eigenvalue weighted by Crippen LogP contribution is -2.25. The van der Waals surface area contributed by atoms with Crippen LogP contribution in [0.5, 0.6) is 5.75 Å². The molecule has 0 saturated heterocycles. The van der Waals surface area contributed by atoms with Crippen LogP contribution in [0.1, 0.15) is 35.3 Å². The van der Waals surface area contributed by atoms with Crippen molar-refractivity contribution >= 4 is 5.97 Å². The van der Waals surface area contributed by atoms with Gasteiger partial charge in [0.1, 0.15) is 11.4 Å². The smallest absolute Gasteiger partial charge is 0.339 e. The molecule has 0 fully saturated rings. The summed E-state index contributed by atoms with van der Waals surface area (Å²) in [7, 11) is 1.32. The number of nitrogens with zero attached hydrogens (tertiary/aromatic N) is 1. The molecule has 23 heavy (non-hydrogen) atoms. The largest absolute Gasteiger partial charge is 0.487 e. The molecule has 3 rings (SSSR count). The predicted octanol–water partition coefficient (Wildman–Crippen LogP) is 2.40. The van der Waals surface area contributed by atoms with Crippen LogP contribution in [-0.4, -0.2) is 23.2 Å². The van der Waals surface area contributed by atoms with Crippen LogP contribution in [0.2, 0.25) is 0 Å². The number of fused-ring (bicyclic) bond motifs is 1. The number of esters is 1. The van der Waals surface area contributed by atoms with Gasteiger partial charge in [0.2, 0.25) is 0 Å². The Kier molecular flexibility index (Phi) is 3.72. The van der Waals surface area contributed by atoms with Gasteiger partial charge in [-0.05, 0) is 25.5 Å². The van der Waals surface area contributed by atoms with E-state index in [0.29, 0.717) is 12.1 Å². The lowest BCUT2D eigenvalue weighted by atomic mass is 10.0. The van der Waals surface area contributed by atoms with Crippen molar-refractivity contribution in [3.63, 3.8) is 0 Å². The minimum Gasteiger partial charge on any atom is -0.487 e. The highest BCUT2D eigenvalue weighted by Crippen LogP contribution is 2.37. The van der Waals surface area contributed by atoms with Gasteiger partial charge in [-0.3, -0.25) is 4.79 Å². The molecule has 1 aromatic carbocycles. The molecule has 1 aromatic heterocycles. The second-order valence-corrected chi connectivity index (χ2v) is 6.32. The van der Waals surface area contributed by atoms with Crippen LogP contribution in [0.4, 0.5) is 0 Å². The molecule has 0 bridgehead atoms. The topological polar surface area (TPSA) is 57.5 Å². The summed E-state index contributed by atoms with van der Waals surface area (Å²) in [4.78, 5) is 23.7. The van der Waals surface area contributed by atoms with Gasteiger partial charge in [0.15, 0.2) is 0 Å². The molecule has 0 N–H and O–H groups in total. The third kappa shape index (κ3) is 2.99. The molecular weight excluding hydrogens is 294 g/mol. The zero-order valence-electron chi connectivity index (χ0n) is 13.5. The summed E-state index contributed by atoms with van der Waals surface area (Å²) < 4.78 is 12.2. The number of pyridine rings is 1. The number of benzene rings is 1. The number of carbonyl (C=O) groups excluding carboxylic acids is 1. The van der Waals surface area contributed by atoms with Crippen molar-refractivity contribution in [2.24, 2.45) is 0 Å². The Morgan fingerprint density at radius 3 is 2.83 bits per heavy atom. The molecule has 0 aliphatic carbocycles. The summed E-state index contributed by atoms with van der Waals surface area (Å²) in [5, 5.41) is 0. The van der Waals surface area contributed by atoms with E-state index in [1.54, 1.807) is 0 Å². The normalized spacial score (nSPS) is 14.9. The van der Waals surface area contributed by atoms with Crippen LogP contribution in [-0.2, 0) is 17.7 Å². The van der Waals surface area contributed by atoms with Gasteiger partial charge in [-0.15, -0.1) is 0 Å². The number of hydrogen-bond donors (Lipinski definition) is 0. The van der Waals surface area contributed by atoms with Crippen LogP contribution >= 0.6 is 0 Å². The molecule has 0 amide bonds. The third-order valence-electron chi connectivity index (χ3n) is 3.92. The van der Waals surface area contributed by atoms with E-state index in [2.05, 4.69) is 0 Å². The van der Waals surface area contributed by atoms with Crippen LogP contribution in [0, 0.1) is 0 Å². The molecule has 0 atom stereocenters. The van der Waals surface area contributed by atoms with Gasteiger partial charge in [-0.25, -0.2) is 4.79 Å². The lowest BCUT2D eigenvalue weighted by Gasteiger charge is -2.18. The molecule has 2 aromatic rings. The highest BCUT2D eigenvalue weighted by Gasteiger charge is 2.31. The lowest BCUT2D eigenvalue weighted by molar-refractivity contribution is 0.0599. The van der Waals surface area contributed by atoms with Gasteiger partial charge in [0.05, 0.1) is 19.2 Å². The van der Waals surface area contributed by atoms with Crippen molar-refractivity contribution in [1.82, 2.24) is 4.57 Å². The van der Waals surface area contributed by atoms with Crippen molar-refractivity contribution in [3.05, 3.63) is 63.6 Å². The van der Waals surface area contributed by atoms with Crippen molar-refractivity contribution in [2.45, 2.75) is 32.4 Å². The fourth-order valence-electron chi connectivity index (χ4n) is 2.88. The number of ether oxygens (including phenoxy) is 2. The minimum absolute atomic E-state index is 0.174. The zero-order valence-corrected chi connectivity index (χ0v) is 13.5. The van der Waals surface area contributed by atoms with Gasteiger partial charge >= 0.3 is 5.97 Å². The molecule has 120 valence electrons. The maximum absolute atomic E-state index is 12.1. The summed E-state index contributed by atoms with van der Waals surface area (Å²) in [6.07, 6.45) is 2.36. The monoisotopic (exact) mass is 313 g/mol. The first kappa shape index (κ1) is 15.3. The molecule has 1 aliphatic rings. The molecule has 0 unspecified atom stereocenters. The van der Waals surface area contributed by atoms with Crippen molar-refractivity contribution in [3.8, 4) is 5.75 Å². The average Bonchev–Trinajstić information content (AvgIpc) is 2.83. The van der Waals surface area contributed by atoms with Crippen LogP contribution in [0.25, 0.3) is 0 Å². The van der Waals surface area contributed by atoms with Crippen LogP contribution in [0.15, 0.2) is 41.3 Å². The quantitative estimate of drug-likeness (QED) is 0.817. The highest BCUT2D eigenvalue weighted by atomic mass is 16.5. The number of para-hydroxylation sites is 1. The second-order valence-electron chi connectivity index (χ2n) is 6.32. The maximum atomic E-state index is 12.1. The molecule has 1 aliphatic heterocycles. The Hall–Kier alpha value is -2.56. The molecule has 5 nitrogen and oxygen atoms in total. The summed E-state index contributed by atoms with van der Waals surface area (Å²) >= 11 is 0.